The molecule has 0 bridgehead atoms. The Morgan fingerprint density at radius 3 is 2.76 bits per heavy atom. The molecular weight excluding hydrogens is 411 g/mol. The molecule has 0 aliphatic rings. The summed E-state index contributed by atoms with van der Waals surface area (Å²) in [6.07, 6.45) is 0. The topological polar surface area (TPSA) is 69.0 Å². The number of benzene rings is 2. The lowest BCUT2D eigenvalue weighted by Crippen LogP contribution is -2.22. The van der Waals surface area contributed by atoms with Gasteiger partial charge in [0.25, 0.3) is 5.91 Å². The molecule has 0 saturated heterocycles. The average molecular weight is 427 g/mol. The van der Waals surface area contributed by atoms with Crippen molar-refractivity contribution in [1.29, 1.82) is 0 Å². The van der Waals surface area contributed by atoms with Crippen molar-refractivity contribution in [2.75, 3.05) is 11.9 Å². The summed E-state index contributed by atoms with van der Waals surface area (Å²) >= 11 is 11.9. The van der Waals surface area contributed by atoms with E-state index in [1.165, 1.54) is 0 Å². The molecule has 2 heterocycles. The predicted molar refractivity (Wildman–Crippen MR) is 114 cm³/mol. The van der Waals surface area contributed by atoms with Crippen molar-refractivity contribution in [3.8, 4) is 11.6 Å². The van der Waals surface area contributed by atoms with Gasteiger partial charge >= 0.3 is 0 Å². The van der Waals surface area contributed by atoms with E-state index in [0.29, 0.717) is 27.4 Å². The standard InChI is InChI=1S/C21H16Cl2N4O2/c1-13-10-20(25-21(28)12-29-18-8-7-15(22)11-16(18)23)27(26-13)19-9-6-14-4-2-3-5-17(14)24-19/h2-11H,12H2,1H3,(H,25,28). The molecule has 2 aromatic heterocycles. The number of halogens is 2. The van der Waals surface area contributed by atoms with Crippen LogP contribution >= 0.6 is 23.2 Å². The Balaban J connectivity index is 1.52. The highest BCUT2D eigenvalue weighted by atomic mass is 35.5. The van der Waals surface area contributed by atoms with Gasteiger partial charge in [0.05, 0.1) is 16.2 Å². The van der Waals surface area contributed by atoms with Crippen LogP contribution in [0.15, 0.2) is 60.7 Å². The van der Waals surface area contributed by atoms with Gasteiger partial charge in [-0.3, -0.25) is 4.79 Å². The highest BCUT2D eigenvalue weighted by Crippen LogP contribution is 2.27. The highest BCUT2D eigenvalue weighted by Gasteiger charge is 2.13. The van der Waals surface area contributed by atoms with Gasteiger partial charge in [-0.05, 0) is 43.3 Å². The van der Waals surface area contributed by atoms with Crippen molar-refractivity contribution in [3.63, 3.8) is 0 Å². The molecule has 6 nitrogen and oxygen atoms in total. The number of aryl methyl sites for hydroxylation is 1. The molecule has 1 amide bonds. The van der Waals surface area contributed by atoms with Crippen LogP contribution in [0.5, 0.6) is 5.75 Å². The van der Waals surface area contributed by atoms with Gasteiger partial charge in [-0.1, -0.05) is 41.4 Å². The number of hydrogen-bond acceptors (Lipinski definition) is 4. The van der Waals surface area contributed by atoms with Crippen molar-refractivity contribution >= 4 is 45.8 Å². The van der Waals surface area contributed by atoms with E-state index in [4.69, 9.17) is 27.9 Å². The number of pyridine rings is 1. The molecule has 2 aromatic carbocycles. The summed E-state index contributed by atoms with van der Waals surface area (Å²) in [5.41, 5.74) is 1.59. The molecule has 0 atom stereocenters. The fourth-order valence-corrected chi connectivity index (χ4v) is 3.31. The van der Waals surface area contributed by atoms with Gasteiger partial charge in [-0.25, -0.2) is 4.98 Å². The van der Waals surface area contributed by atoms with Gasteiger partial charge in [-0.2, -0.15) is 9.78 Å². The van der Waals surface area contributed by atoms with E-state index in [1.54, 1.807) is 28.9 Å². The van der Waals surface area contributed by atoms with E-state index < -0.39 is 0 Å². The van der Waals surface area contributed by atoms with Crippen molar-refractivity contribution < 1.29 is 9.53 Å². The zero-order chi connectivity index (χ0) is 20.4. The summed E-state index contributed by atoms with van der Waals surface area (Å²) in [5.74, 6) is 1.14. The number of amides is 1. The number of nitrogens with one attached hydrogen (secondary N) is 1. The number of anilines is 1. The number of nitrogens with zero attached hydrogens (tertiary/aromatic N) is 3. The highest BCUT2D eigenvalue weighted by molar-refractivity contribution is 6.35. The minimum absolute atomic E-state index is 0.212. The Labute approximate surface area is 177 Å². The number of ether oxygens (including phenoxy) is 1. The van der Waals surface area contributed by atoms with Crippen LogP contribution in [0.1, 0.15) is 5.69 Å². The zero-order valence-electron chi connectivity index (χ0n) is 15.4. The average Bonchev–Trinajstić information content (AvgIpc) is 3.07. The van der Waals surface area contributed by atoms with Gasteiger partial charge < -0.3 is 10.1 Å². The Hall–Kier alpha value is -3.09. The third-order valence-electron chi connectivity index (χ3n) is 4.15. The maximum absolute atomic E-state index is 12.4. The molecule has 146 valence electrons. The summed E-state index contributed by atoms with van der Waals surface area (Å²) in [5, 5.41) is 9.11. The summed E-state index contributed by atoms with van der Waals surface area (Å²) < 4.78 is 7.08. The molecule has 29 heavy (non-hydrogen) atoms. The van der Waals surface area contributed by atoms with Gasteiger partial charge in [-0.15, -0.1) is 0 Å². The van der Waals surface area contributed by atoms with Crippen molar-refractivity contribution in [2.24, 2.45) is 0 Å². The Morgan fingerprint density at radius 1 is 1.10 bits per heavy atom. The molecule has 0 aliphatic heterocycles. The van der Waals surface area contributed by atoms with Crippen LogP contribution in [0.25, 0.3) is 16.7 Å². The summed E-state index contributed by atoms with van der Waals surface area (Å²) in [7, 11) is 0. The van der Waals surface area contributed by atoms with E-state index in [0.717, 1.165) is 16.6 Å². The molecule has 0 radical (unpaired) electrons. The smallest absolute Gasteiger partial charge is 0.263 e. The molecule has 1 N–H and O–H groups in total. The first-order valence-corrected chi connectivity index (χ1v) is 9.56. The van der Waals surface area contributed by atoms with Crippen LogP contribution in [0.3, 0.4) is 0 Å². The van der Waals surface area contributed by atoms with Gasteiger partial charge in [0.1, 0.15) is 11.6 Å². The Morgan fingerprint density at radius 2 is 1.93 bits per heavy atom. The first kappa shape index (κ1) is 19.2. The second-order valence-corrected chi connectivity index (χ2v) is 7.20. The number of para-hydroxylation sites is 1. The minimum Gasteiger partial charge on any atom is -0.482 e. The lowest BCUT2D eigenvalue weighted by atomic mass is 10.2. The van der Waals surface area contributed by atoms with E-state index in [-0.39, 0.29) is 12.5 Å². The summed E-state index contributed by atoms with van der Waals surface area (Å²) in [4.78, 5) is 17.0. The molecule has 0 unspecified atom stereocenters. The lowest BCUT2D eigenvalue weighted by Gasteiger charge is -2.10. The number of carbonyl (C=O) groups excluding carboxylic acids is 1. The molecule has 0 fully saturated rings. The van der Waals surface area contributed by atoms with Crippen LogP contribution in [0.4, 0.5) is 5.82 Å². The van der Waals surface area contributed by atoms with Crippen molar-refractivity contribution in [2.45, 2.75) is 6.92 Å². The van der Waals surface area contributed by atoms with E-state index in [2.05, 4.69) is 15.4 Å². The Kier molecular flexibility index (Phi) is 5.38. The zero-order valence-corrected chi connectivity index (χ0v) is 16.9. The third-order valence-corrected chi connectivity index (χ3v) is 4.68. The molecule has 4 aromatic rings. The molecule has 0 aliphatic carbocycles. The van der Waals surface area contributed by atoms with Crippen LogP contribution in [0.2, 0.25) is 10.0 Å². The number of carbonyl (C=O) groups is 1. The number of rotatable bonds is 5. The van der Waals surface area contributed by atoms with Crippen LogP contribution < -0.4 is 10.1 Å². The number of aromatic nitrogens is 3. The van der Waals surface area contributed by atoms with E-state index >= 15 is 0 Å². The maximum Gasteiger partial charge on any atom is 0.263 e. The monoisotopic (exact) mass is 426 g/mol. The molecule has 0 spiro atoms. The van der Waals surface area contributed by atoms with Crippen LogP contribution in [-0.4, -0.2) is 27.3 Å². The van der Waals surface area contributed by atoms with E-state index in [1.807, 2.05) is 43.3 Å². The second kappa shape index (κ2) is 8.11. The van der Waals surface area contributed by atoms with Crippen molar-refractivity contribution in [1.82, 2.24) is 14.8 Å². The first-order chi connectivity index (χ1) is 14.0. The largest absolute Gasteiger partial charge is 0.482 e. The molecule has 0 saturated carbocycles. The Bertz CT molecular complexity index is 1210. The summed E-state index contributed by atoms with van der Waals surface area (Å²) in [6.45, 7) is 1.63. The van der Waals surface area contributed by atoms with Gasteiger partial charge in [0.15, 0.2) is 12.4 Å². The second-order valence-electron chi connectivity index (χ2n) is 6.36. The minimum atomic E-state index is -0.349. The maximum atomic E-state index is 12.4. The van der Waals surface area contributed by atoms with Gasteiger partial charge in [0.2, 0.25) is 0 Å². The van der Waals surface area contributed by atoms with Crippen LogP contribution in [0, 0.1) is 6.92 Å². The molecule has 4 rings (SSSR count). The van der Waals surface area contributed by atoms with Gasteiger partial charge in [0, 0.05) is 16.5 Å². The quantitative estimate of drug-likeness (QED) is 0.484. The normalized spacial score (nSPS) is 10.9. The number of hydrogen-bond donors (Lipinski definition) is 1. The predicted octanol–water partition coefficient (Wildman–Crippen LogP) is 5.05. The SMILES string of the molecule is Cc1cc(NC(=O)COc2ccc(Cl)cc2Cl)n(-c2ccc3ccccc3n2)n1. The molecule has 8 heteroatoms. The fraction of sp³-hybridized carbons (Fsp3) is 0.0952. The van der Waals surface area contributed by atoms with E-state index in [9.17, 15) is 4.79 Å². The lowest BCUT2D eigenvalue weighted by molar-refractivity contribution is -0.118. The fourth-order valence-electron chi connectivity index (χ4n) is 2.85. The first-order valence-electron chi connectivity index (χ1n) is 8.80. The van der Waals surface area contributed by atoms with Crippen molar-refractivity contribution in [3.05, 3.63) is 76.4 Å². The van der Waals surface area contributed by atoms with Crippen LogP contribution in [-0.2, 0) is 4.79 Å². The summed E-state index contributed by atoms with van der Waals surface area (Å²) in [6, 6.07) is 18.2. The third kappa shape index (κ3) is 4.34. The molecular formula is C21H16Cl2N4O2. The number of fused-ring (bicyclic) bond motifs is 1.